The summed E-state index contributed by atoms with van der Waals surface area (Å²) < 4.78 is 27.9. The van der Waals surface area contributed by atoms with E-state index in [0.717, 1.165) is 54.5 Å². The fourth-order valence-corrected chi connectivity index (χ4v) is 4.71. The molecule has 0 amide bonds. The Morgan fingerprint density at radius 1 is 1.26 bits per heavy atom. The summed E-state index contributed by atoms with van der Waals surface area (Å²) in [5, 5.41) is 0.763. The van der Waals surface area contributed by atoms with Crippen LogP contribution in [0.5, 0.6) is 5.88 Å². The lowest BCUT2D eigenvalue weighted by Gasteiger charge is -2.23. The third kappa shape index (κ3) is 4.66. The van der Waals surface area contributed by atoms with E-state index in [4.69, 9.17) is 14.5 Å². The highest BCUT2D eigenvalue weighted by molar-refractivity contribution is 6.04. The Morgan fingerprint density at radius 2 is 2.11 bits per heavy atom. The Labute approximate surface area is 202 Å². The van der Waals surface area contributed by atoms with E-state index in [2.05, 4.69) is 14.9 Å². The van der Waals surface area contributed by atoms with Crippen molar-refractivity contribution < 1.29 is 13.9 Å². The zero-order chi connectivity index (χ0) is 24.5. The van der Waals surface area contributed by atoms with E-state index in [-0.39, 0.29) is 17.5 Å². The second kappa shape index (κ2) is 9.75. The van der Waals surface area contributed by atoms with Crippen molar-refractivity contribution in [3.8, 4) is 17.0 Å². The van der Waals surface area contributed by atoms with Gasteiger partial charge in [0.1, 0.15) is 0 Å². The highest BCUT2D eigenvalue weighted by Gasteiger charge is 2.24. The van der Waals surface area contributed by atoms with E-state index < -0.39 is 5.95 Å². The number of fused-ring (bicyclic) bond motifs is 3. The van der Waals surface area contributed by atoms with Gasteiger partial charge in [0.05, 0.1) is 35.5 Å². The molecule has 0 unspecified atom stereocenters. The van der Waals surface area contributed by atoms with Gasteiger partial charge in [-0.15, -0.1) is 0 Å². The van der Waals surface area contributed by atoms with Gasteiger partial charge in [-0.1, -0.05) is 6.07 Å². The summed E-state index contributed by atoms with van der Waals surface area (Å²) in [5.74, 6) is -0.207. The highest BCUT2D eigenvalue weighted by atomic mass is 19.1. The molecule has 3 aromatic heterocycles. The van der Waals surface area contributed by atoms with Gasteiger partial charge in [-0.05, 0) is 57.1 Å². The fraction of sp³-hybridized carbons (Fsp3) is 0.423. The SMILES string of the molecule is CN(C)CCCOc1ccc(-c2ccc3nc([C@@H]4CCCOC4)c4c([nH]c(=O)n4C)c3c2)c(F)n1. The van der Waals surface area contributed by atoms with Crippen molar-refractivity contribution >= 4 is 21.9 Å². The molecule has 0 spiro atoms. The first-order chi connectivity index (χ1) is 16.9. The minimum atomic E-state index is -0.601. The largest absolute Gasteiger partial charge is 0.478 e. The van der Waals surface area contributed by atoms with Crippen LogP contribution in [0.25, 0.3) is 33.1 Å². The molecule has 35 heavy (non-hydrogen) atoms. The predicted molar refractivity (Wildman–Crippen MR) is 133 cm³/mol. The molecule has 0 radical (unpaired) electrons. The second-order valence-electron chi connectivity index (χ2n) is 9.35. The molecule has 5 rings (SSSR count). The maximum absolute atomic E-state index is 15.0. The van der Waals surface area contributed by atoms with Crippen molar-refractivity contribution in [2.45, 2.75) is 25.2 Å². The van der Waals surface area contributed by atoms with Crippen LogP contribution >= 0.6 is 0 Å². The lowest BCUT2D eigenvalue weighted by atomic mass is 9.95. The smallest absolute Gasteiger partial charge is 0.326 e. The van der Waals surface area contributed by atoms with Gasteiger partial charge >= 0.3 is 5.69 Å². The van der Waals surface area contributed by atoms with Crippen LogP contribution in [0, 0.1) is 5.95 Å². The topological polar surface area (TPSA) is 85.3 Å². The number of rotatable bonds is 7. The van der Waals surface area contributed by atoms with Gasteiger partial charge in [0.25, 0.3) is 0 Å². The number of hydrogen-bond donors (Lipinski definition) is 1. The molecule has 9 heteroatoms. The van der Waals surface area contributed by atoms with Crippen LogP contribution in [0.1, 0.15) is 30.9 Å². The lowest BCUT2D eigenvalue weighted by molar-refractivity contribution is 0.0797. The number of ether oxygens (including phenoxy) is 2. The number of aryl methyl sites for hydroxylation is 1. The number of benzene rings is 1. The summed E-state index contributed by atoms with van der Waals surface area (Å²) in [6, 6.07) is 8.92. The van der Waals surface area contributed by atoms with Crippen LogP contribution in [-0.2, 0) is 11.8 Å². The Morgan fingerprint density at radius 3 is 2.86 bits per heavy atom. The van der Waals surface area contributed by atoms with Gasteiger partial charge in [-0.25, -0.2) is 4.79 Å². The van der Waals surface area contributed by atoms with Crippen molar-refractivity contribution in [1.82, 2.24) is 24.4 Å². The summed E-state index contributed by atoms with van der Waals surface area (Å²) in [6.07, 6.45) is 2.76. The summed E-state index contributed by atoms with van der Waals surface area (Å²) in [4.78, 5) is 26.6. The molecular weight excluding hydrogens is 449 g/mol. The molecule has 4 aromatic rings. The number of H-pyrrole nitrogens is 1. The number of imidazole rings is 1. The molecule has 1 atom stereocenters. The van der Waals surface area contributed by atoms with E-state index in [9.17, 15) is 9.18 Å². The van der Waals surface area contributed by atoms with Crippen molar-refractivity contribution in [1.29, 1.82) is 0 Å². The minimum absolute atomic E-state index is 0.128. The van der Waals surface area contributed by atoms with Gasteiger partial charge in [-0.3, -0.25) is 9.55 Å². The van der Waals surface area contributed by atoms with E-state index in [0.29, 0.717) is 29.9 Å². The first kappa shape index (κ1) is 23.4. The fourth-order valence-electron chi connectivity index (χ4n) is 4.71. The number of nitrogens with zero attached hydrogens (tertiary/aromatic N) is 4. The molecule has 184 valence electrons. The van der Waals surface area contributed by atoms with E-state index in [1.807, 2.05) is 32.3 Å². The van der Waals surface area contributed by atoms with Crippen LogP contribution in [0.4, 0.5) is 4.39 Å². The van der Waals surface area contributed by atoms with E-state index in [1.54, 1.807) is 23.7 Å². The summed E-state index contributed by atoms with van der Waals surface area (Å²) in [5.41, 5.74) is 3.91. The molecule has 4 heterocycles. The van der Waals surface area contributed by atoms with Crippen molar-refractivity contribution in [3.05, 3.63) is 52.5 Å². The molecule has 1 aromatic carbocycles. The summed E-state index contributed by atoms with van der Waals surface area (Å²) >= 11 is 0. The van der Waals surface area contributed by atoms with Gasteiger partial charge < -0.3 is 19.4 Å². The number of aromatic nitrogens is 4. The normalized spacial score (nSPS) is 16.4. The molecular formula is C26H30FN5O3. The maximum atomic E-state index is 15.0. The standard InChI is InChI=1S/C26H30FN5O3/c1-31(2)11-5-13-35-21-10-8-18(25(27)29-21)16-7-9-20-19(14-16)23-24(32(3)26(33)30-23)22(28-20)17-6-4-12-34-15-17/h7-10,14,17H,4-6,11-13,15H2,1-3H3,(H,30,33)/t17-/m1/s1. The third-order valence-corrected chi connectivity index (χ3v) is 6.54. The molecule has 1 aliphatic heterocycles. The first-order valence-electron chi connectivity index (χ1n) is 12.0. The molecule has 1 aliphatic rings. The Hall–Kier alpha value is -3.30. The number of nitrogens with one attached hydrogen (secondary N) is 1. The zero-order valence-corrected chi connectivity index (χ0v) is 20.3. The molecule has 0 aliphatic carbocycles. The van der Waals surface area contributed by atoms with Crippen molar-refractivity contribution in [2.75, 3.05) is 40.5 Å². The Balaban J connectivity index is 1.52. The van der Waals surface area contributed by atoms with Crippen molar-refractivity contribution in [3.63, 3.8) is 0 Å². The number of halogens is 1. The number of aromatic amines is 1. The Kier molecular flexibility index (Phi) is 6.53. The number of pyridine rings is 2. The van der Waals surface area contributed by atoms with E-state index >= 15 is 0 Å². The quantitative estimate of drug-likeness (QED) is 0.320. The highest BCUT2D eigenvalue weighted by Crippen LogP contribution is 2.34. The van der Waals surface area contributed by atoms with Crippen LogP contribution in [0.3, 0.4) is 0 Å². The van der Waals surface area contributed by atoms with Crippen LogP contribution in [0.15, 0.2) is 35.1 Å². The van der Waals surface area contributed by atoms with Crippen LogP contribution in [-0.4, -0.2) is 64.9 Å². The van der Waals surface area contributed by atoms with E-state index in [1.165, 1.54) is 0 Å². The summed E-state index contributed by atoms with van der Waals surface area (Å²) in [6.45, 7) is 2.70. The molecule has 8 nitrogen and oxygen atoms in total. The zero-order valence-electron chi connectivity index (χ0n) is 20.3. The first-order valence-corrected chi connectivity index (χ1v) is 12.0. The van der Waals surface area contributed by atoms with Gasteiger partial charge in [0.2, 0.25) is 11.8 Å². The average molecular weight is 480 g/mol. The maximum Gasteiger partial charge on any atom is 0.326 e. The summed E-state index contributed by atoms with van der Waals surface area (Å²) in [7, 11) is 5.73. The molecule has 0 saturated carbocycles. The predicted octanol–water partition coefficient (Wildman–Crippen LogP) is 3.84. The third-order valence-electron chi connectivity index (χ3n) is 6.54. The minimum Gasteiger partial charge on any atom is -0.478 e. The van der Waals surface area contributed by atoms with Gasteiger partial charge in [0, 0.05) is 43.1 Å². The second-order valence-corrected chi connectivity index (χ2v) is 9.35. The van der Waals surface area contributed by atoms with Crippen LogP contribution in [0.2, 0.25) is 0 Å². The monoisotopic (exact) mass is 479 g/mol. The molecule has 1 saturated heterocycles. The lowest BCUT2D eigenvalue weighted by Crippen LogP contribution is -2.19. The molecule has 0 bridgehead atoms. The molecule has 1 N–H and O–H groups in total. The van der Waals surface area contributed by atoms with Gasteiger partial charge in [0.15, 0.2) is 0 Å². The molecule has 1 fully saturated rings. The number of hydrogen-bond acceptors (Lipinski definition) is 6. The van der Waals surface area contributed by atoms with Gasteiger partial charge in [-0.2, -0.15) is 9.37 Å². The van der Waals surface area contributed by atoms with Crippen LogP contribution < -0.4 is 10.4 Å². The van der Waals surface area contributed by atoms with Crippen molar-refractivity contribution in [2.24, 2.45) is 7.05 Å². The average Bonchev–Trinajstić information content (AvgIpc) is 3.16. The Bertz CT molecular complexity index is 1420.